The smallest absolute Gasteiger partial charge is 0.127 e. The molecule has 0 aliphatic rings. The van der Waals surface area contributed by atoms with E-state index in [-0.39, 0.29) is 5.82 Å². The molecule has 1 aromatic heterocycles. The zero-order valence-corrected chi connectivity index (χ0v) is 11.7. The number of hydrogen-bond donors (Lipinski definition) is 1. The zero-order chi connectivity index (χ0) is 13.8. The first kappa shape index (κ1) is 13.7. The summed E-state index contributed by atoms with van der Waals surface area (Å²) in [6, 6.07) is 5.25. The summed E-state index contributed by atoms with van der Waals surface area (Å²) in [5, 5.41) is 7.58. The Labute approximate surface area is 113 Å². The molecule has 0 saturated heterocycles. The quantitative estimate of drug-likeness (QED) is 0.896. The predicted molar refractivity (Wildman–Crippen MR) is 75.4 cm³/mol. The molecular weight excluding hydrogens is 241 g/mol. The number of benzene rings is 1. The minimum Gasteiger partial charge on any atom is -0.313 e. The van der Waals surface area contributed by atoms with E-state index in [1.165, 1.54) is 6.07 Å². The Kier molecular flexibility index (Phi) is 4.32. The maximum Gasteiger partial charge on any atom is 0.127 e. The molecule has 3 nitrogen and oxygen atoms in total. The Hall–Kier alpha value is -1.68. The van der Waals surface area contributed by atoms with Crippen molar-refractivity contribution in [3.05, 3.63) is 41.5 Å². The summed E-state index contributed by atoms with van der Waals surface area (Å²) in [6.45, 7) is 8.27. The van der Waals surface area contributed by atoms with Crippen molar-refractivity contribution in [3.63, 3.8) is 0 Å². The van der Waals surface area contributed by atoms with Crippen LogP contribution < -0.4 is 5.32 Å². The number of halogens is 1. The fraction of sp³-hybridized carbons (Fsp3) is 0.400. The second kappa shape index (κ2) is 5.97. The van der Waals surface area contributed by atoms with Gasteiger partial charge in [0.15, 0.2) is 0 Å². The highest BCUT2D eigenvalue weighted by atomic mass is 19.1. The summed E-state index contributed by atoms with van der Waals surface area (Å²) in [6.07, 6.45) is 2.01. The average Bonchev–Trinajstić information content (AvgIpc) is 2.79. The number of nitrogens with one attached hydrogen (secondary N) is 1. The van der Waals surface area contributed by atoms with E-state index in [2.05, 4.69) is 17.3 Å². The molecule has 0 radical (unpaired) electrons. The van der Waals surface area contributed by atoms with Crippen LogP contribution in [0.5, 0.6) is 0 Å². The number of nitrogens with zero attached hydrogens (tertiary/aromatic N) is 2. The first-order chi connectivity index (χ1) is 9.15. The monoisotopic (exact) mass is 261 g/mol. The van der Waals surface area contributed by atoms with Crippen LogP contribution >= 0.6 is 0 Å². The molecule has 2 rings (SSSR count). The van der Waals surface area contributed by atoms with Crippen molar-refractivity contribution in [2.45, 2.75) is 33.9 Å². The first-order valence-electron chi connectivity index (χ1n) is 6.69. The van der Waals surface area contributed by atoms with Crippen LogP contribution in [-0.2, 0) is 13.1 Å². The first-order valence-corrected chi connectivity index (χ1v) is 6.69. The maximum atomic E-state index is 13.7. The standard InChI is InChI=1S/C15H20FN3/c1-4-17-9-13-8-12(6-7-15(13)16)14-10-19(5-2)18-11(14)3/h6-8,10,17H,4-5,9H2,1-3H3. The van der Waals surface area contributed by atoms with Gasteiger partial charge in [0.2, 0.25) is 0 Å². The molecule has 0 fully saturated rings. The molecular formula is C15H20FN3. The third-order valence-corrected chi connectivity index (χ3v) is 3.19. The molecule has 0 amide bonds. The van der Waals surface area contributed by atoms with Crippen molar-refractivity contribution < 1.29 is 4.39 Å². The van der Waals surface area contributed by atoms with Gasteiger partial charge in [-0.15, -0.1) is 0 Å². The van der Waals surface area contributed by atoms with Gasteiger partial charge in [-0.1, -0.05) is 13.0 Å². The van der Waals surface area contributed by atoms with Crippen LogP contribution in [0.1, 0.15) is 25.1 Å². The molecule has 0 atom stereocenters. The molecule has 1 heterocycles. The van der Waals surface area contributed by atoms with Crippen LogP contribution in [0, 0.1) is 12.7 Å². The largest absolute Gasteiger partial charge is 0.313 e. The molecule has 1 N–H and O–H groups in total. The Morgan fingerprint density at radius 2 is 2.11 bits per heavy atom. The second-order valence-corrected chi connectivity index (χ2v) is 4.57. The molecule has 19 heavy (non-hydrogen) atoms. The summed E-state index contributed by atoms with van der Waals surface area (Å²) in [4.78, 5) is 0. The van der Waals surface area contributed by atoms with E-state index in [0.717, 1.165) is 29.9 Å². The Balaban J connectivity index is 2.36. The predicted octanol–water partition coefficient (Wildman–Crippen LogP) is 3.13. The van der Waals surface area contributed by atoms with Crippen molar-refractivity contribution in [2.24, 2.45) is 0 Å². The van der Waals surface area contributed by atoms with E-state index < -0.39 is 0 Å². The van der Waals surface area contributed by atoms with Crippen molar-refractivity contribution >= 4 is 0 Å². The molecule has 2 aromatic rings. The molecule has 0 spiro atoms. The zero-order valence-electron chi connectivity index (χ0n) is 11.7. The van der Waals surface area contributed by atoms with E-state index in [4.69, 9.17) is 0 Å². The number of rotatable bonds is 5. The minimum absolute atomic E-state index is 0.162. The van der Waals surface area contributed by atoms with Crippen molar-refractivity contribution in [1.29, 1.82) is 0 Å². The molecule has 0 aliphatic heterocycles. The third-order valence-electron chi connectivity index (χ3n) is 3.19. The molecule has 102 valence electrons. The highest BCUT2D eigenvalue weighted by Crippen LogP contribution is 2.24. The number of aryl methyl sites for hydroxylation is 2. The van der Waals surface area contributed by atoms with E-state index in [9.17, 15) is 4.39 Å². The van der Waals surface area contributed by atoms with Crippen LogP contribution in [0.3, 0.4) is 0 Å². The fourth-order valence-corrected chi connectivity index (χ4v) is 2.10. The lowest BCUT2D eigenvalue weighted by Crippen LogP contribution is -2.12. The molecule has 4 heteroatoms. The number of hydrogen-bond acceptors (Lipinski definition) is 2. The lowest BCUT2D eigenvalue weighted by molar-refractivity contribution is 0.593. The van der Waals surface area contributed by atoms with Crippen LogP contribution in [-0.4, -0.2) is 16.3 Å². The summed E-state index contributed by atoms with van der Waals surface area (Å²) in [5.74, 6) is -0.162. The molecule has 1 aromatic carbocycles. The lowest BCUT2D eigenvalue weighted by atomic mass is 10.0. The van der Waals surface area contributed by atoms with Crippen LogP contribution in [0.15, 0.2) is 24.4 Å². The number of aromatic nitrogens is 2. The van der Waals surface area contributed by atoms with E-state index >= 15 is 0 Å². The Morgan fingerprint density at radius 3 is 2.74 bits per heavy atom. The van der Waals surface area contributed by atoms with Crippen LogP contribution in [0.25, 0.3) is 11.1 Å². The van der Waals surface area contributed by atoms with Gasteiger partial charge in [-0.05, 0) is 38.1 Å². The van der Waals surface area contributed by atoms with E-state index in [0.29, 0.717) is 12.1 Å². The summed E-state index contributed by atoms with van der Waals surface area (Å²) < 4.78 is 15.6. The van der Waals surface area contributed by atoms with E-state index in [1.54, 1.807) is 0 Å². The highest BCUT2D eigenvalue weighted by molar-refractivity contribution is 5.65. The Bertz CT molecular complexity index is 561. The normalized spacial score (nSPS) is 10.9. The van der Waals surface area contributed by atoms with Gasteiger partial charge < -0.3 is 5.32 Å². The van der Waals surface area contributed by atoms with Crippen molar-refractivity contribution in [2.75, 3.05) is 6.54 Å². The van der Waals surface area contributed by atoms with Gasteiger partial charge in [-0.25, -0.2) is 4.39 Å². The van der Waals surface area contributed by atoms with Gasteiger partial charge in [0, 0.05) is 30.4 Å². The topological polar surface area (TPSA) is 29.9 Å². The van der Waals surface area contributed by atoms with E-state index in [1.807, 2.05) is 36.9 Å². The second-order valence-electron chi connectivity index (χ2n) is 4.57. The molecule has 0 aliphatic carbocycles. The average molecular weight is 261 g/mol. The third kappa shape index (κ3) is 3.01. The van der Waals surface area contributed by atoms with Gasteiger partial charge >= 0.3 is 0 Å². The summed E-state index contributed by atoms with van der Waals surface area (Å²) >= 11 is 0. The van der Waals surface area contributed by atoms with Crippen molar-refractivity contribution in [1.82, 2.24) is 15.1 Å². The van der Waals surface area contributed by atoms with Gasteiger partial charge in [0.1, 0.15) is 5.82 Å². The molecule has 0 saturated carbocycles. The molecule has 0 unspecified atom stereocenters. The lowest BCUT2D eigenvalue weighted by Gasteiger charge is -2.07. The van der Waals surface area contributed by atoms with Crippen LogP contribution in [0.4, 0.5) is 4.39 Å². The van der Waals surface area contributed by atoms with Gasteiger partial charge in [-0.3, -0.25) is 4.68 Å². The fourth-order valence-electron chi connectivity index (χ4n) is 2.10. The van der Waals surface area contributed by atoms with Gasteiger partial charge in [0.05, 0.1) is 5.69 Å². The maximum absolute atomic E-state index is 13.7. The van der Waals surface area contributed by atoms with Crippen LogP contribution in [0.2, 0.25) is 0 Å². The SMILES string of the molecule is CCNCc1cc(-c2cn(CC)nc2C)ccc1F. The Morgan fingerprint density at radius 1 is 1.32 bits per heavy atom. The minimum atomic E-state index is -0.162. The molecule has 0 bridgehead atoms. The highest BCUT2D eigenvalue weighted by Gasteiger charge is 2.09. The van der Waals surface area contributed by atoms with Crippen molar-refractivity contribution in [3.8, 4) is 11.1 Å². The van der Waals surface area contributed by atoms with Gasteiger partial charge in [0.25, 0.3) is 0 Å². The summed E-state index contributed by atoms with van der Waals surface area (Å²) in [7, 11) is 0. The van der Waals surface area contributed by atoms with Gasteiger partial charge in [-0.2, -0.15) is 5.10 Å². The summed E-state index contributed by atoms with van der Waals surface area (Å²) in [5.41, 5.74) is 3.76.